The summed E-state index contributed by atoms with van der Waals surface area (Å²) in [4.78, 5) is 23.4. The fourth-order valence-electron chi connectivity index (χ4n) is 1.82. The highest BCUT2D eigenvalue weighted by Gasteiger charge is 2.12. The molecule has 0 atom stereocenters. The first kappa shape index (κ1) is 15.8. The number of methoxy groups -OCH3 is 1. The van der Waals surface area contributed by atoms with Gasteiger partial charge in [-0.1, -0.05) is 22.0 Å². The topological polar surface area (TPSA) is 93.4 Å². The number of halogens is 1. The number of carbonyl (C=O) groups is 2. The normalized spacial score (nSPS) is 9.91. The predicted molar refractivity (Wildman–Crippen MR) is 88.3 cm³/mol. The van der Waals surface area contributed by atoms with Crippen LogP contribution < -0.4 is 21.1 Å². The van der Waals surface area contributed by atoms with Crippen LogP contribution in [0.4, 0.5) is 16.2 Å². The van der Waals surface area contributed by atoms with E-state index in [4.69, 9.17) is 10.5 Å². The van der Waals surface area contributed by atoms with Gasteiger partial charge in [-0.25, -0.2) is 4.79 Å². The molecule has 0 bridgehead atoms. The van der Waals surface area contributed by atoms with Gasteiger partial charge in [-0.2, -0.15) is 0 Å². The van der Waals surface area contributed by atoms with Crippen LogP contribution in [0, 0.1) is 0 Å². The molecule has 0 unspecified atom stereocenters. The van der Waals surface area contributed by atoms with Crippen LogP contribution in [-0.2, 0) is 0 Å². The summed E-state index contributed by atoms with van der Waals surface area (Å²) in [5.41, 5.74) is 6.38. The van der Waals surface area contributed by atoms with E-state index in [2.05, 4.69) is 26.6 Å². The van der Waals surface area contributed by atoms with Crippen molar-refractivity contribution in [3.63, 3.8) is 0 Å². The van der Waals surface area contributed by atoms with Gasteiger partial charge in [0.05, 0.1) is 18.4 Å². The third-order valence-corrected chi connectivity index (χ3v) is 3.32. The minimum atomic E-state index is -0.639. The SMILES string of the molecule is COc1ccc(C(N)=O)c(NC(=O)Nc2cccc(Br)c2)c1. The molecule has 2 rings (SSSR count). The maximum absolute atomic E-state index is 12.0. The number of ether oxygens (including phenoxy) is 1. The molecule has 4 N–H and O–H groups in total. The fraction of sp³-hybridized carbons (Fsp3) is 0.0667. The highest BCUT2D eigenvalue weighted by Crippen LogP contribution is 2.23. The van der Waals surface area contributed by atoms with Crippen molar-refractivity contribution in [3.05, 3.63) is 52.5 Å². The molecule has 7 heteroatoms. The van der Waals surface area contributed by atoms with Crippen LogP contribution in [0.2, 0.25) is 0 Å². The molecular weight excluding hydrogens is 350 g/mol. The second-order valence-corrected chi connectivity index (χ2v) is 5.28. The first-order valence-electron chi connectivity index (χ1n) is 6.31. The summed E-state index contributed by atoms with van der Waals surface area (Å²) < 4.78 is 5.91. The van der Waals surface area contributed by atoms with Gasteiger partial charge in [-0.05, 0) is 30.3 Å². The third-order valence-electron chi connectivity index (χ3n) is 2.82. The summed E-state index contributed by atoms with van der Waals surface area (Å²) in [5.74, 6) is -0.136. The molecular formula is C15H14BrN3O3. The number of hydrogen-bond acceptors (Lipinski definition) is 3. The van der Waals surface area contributed by atoms with E-state index in [1.165, 1.54) is 19.2 Å². The molecule has 2 aromatic carbocycles. The number of hydrogen-bond donors (Lipinski definition) is 3. The van der Waals surface area contributed by atoms with Gasteiger partial charge in [0.25, 0.3) is 5.91 Å². The Morgan fingerprint density at radius 1 is 1.14 bits per heavy atom. The van der Waals surface area contributed by atoms with Crippen molar-refractivity contribution >= 4 is 39.2 Å². The lowest BCUT2D eigenvalue weighted by molar-refractivity contribution is 0.100. The zero-order chi connectivity index (χ0) is 16.1. The number of rotatable bonds is 4. The van der Waals surface area contributed by atoms with Crippen LogP contribution in [0.1, 0.15) is 10.4 Å². The molecule has 0 aliphatic rings. The van der Waals surface area contributed by atoms with Crippen molar-refractivity contribution in [2.45, 2.75) is 0 Å². The maximum Gasteiger partial charge on any atom is 0.323 e. The third kappa shape index (κ3) is 3.98. The number of urea groups is 1. The van der Waals surface area contributed by atoms with Gasteiger partial charge in [0.1, 0.15) is 5.75 Å². The average molecular weight is 364 g/mol. The van der Waals surface area contributed by atoms with E-state index in [9.17, 15) is 9.59 Å². The molecule has 3 amide bonds. The minimum Gasteiger partial charge on any atom is -0.497 e. The van der Waals surface area contributed by atoms with Crippen molar-refractivity contribution in [1.82, 2.24) is 0 Å². The highest BCUT2D eigenvalue weighted by atomic mass is 79.9. The van der Waals surface area contributed by atoms with E-state index in [1.54, 1.807) is 24.3 Å². The molecule has 0 heterocycles. The first-order chi connectivity index (χ1) is 10.5. The molecule has 0 saturated carbocycles. The van der Waals surface area contributed by atoms with Gasteiger partial charge in [0.2, 0.25) is 0 Å². The van der Waals surface area contributed by atoms with Gasteiger partial charge in [-0.15, -0.1) is 0 Å². The molecule has 0 aromatic heterocycles. The molecule has 114 valence electrons. The van der Waals surface area contributed by atoms with E-state index in [0.29, 0.717) is 11.4 Å². The van der Waals surface area contributed by atoms with E-state index < -0.39 is 11.9 Å². The molecule has 2 aromatic rings. The van der Waals surface area contributed by atoms with Gasteiger partial charge in [0.15, 0.2) is 0 Å². The smallest absolute Gasteiger partial charge is 0.323 e. The van der Waals surface area contributed by atoms with Crippen LogP contribution in [0.5, 0.6) is 5.75 Å². The Balaban J connectivity index is 2.18. The van der Waals surface area contributed by atoms with Gasteiger partial charge in [0, 0.05) is 16.2 Å². The van der Waals surface area contributed by atoms with E-state index in [0.717, 1.165) is 4.47 Å². The number of carbonyl (C=O) groups excluding carboxylic acids is 2. The van der Waals surface area contributed by atoms with Gasteiger partial charge in [-0.3, -0.25) is 4.79 Å². The van der Waals surface area contributed by atoms with Crippen molar-refractivity contribution in [3.8, 4) is 5.75 Å². The lowest BCUT2D eigenvalue weighted by Crippen LogP contribution is -2.22. The number of anilines is 2. The second-order valence-electron chi connectivity index (χ2n) is 4.37. The molecule has 6 nitrogen and oxygen atoms in total. The van der Waals surface area contributed by atoms with Crippen LogP contribution in [-0.4, -0.2) is 19.0 Å². The fourth-order valence-corrected chi connectivity index (χ4v) is 2.22. The van der Waals surface area contributed by atoms with Gasteiger partial charge < -0.3 is 21.1 Å². The molecule has 0 spiro atoms. The molecule has 0 aliphatic heterocycles. The van der Waals surface area contributed by atoms with Crippen LogP contribution in [0.15, 0.2) is 46.9 Å². The summed E-state index contributed by atoms with van der Waals surface area (Å²) in [6.45, 7) is 0. The van der Waals surface area contributed by atoms with Gasteiger partial charge >= 0.3 is 6.03 Å². The van der Waals surface area contributed by atoms with E-state index in [1.807, 2.05) is 6.07 Å². The summed E-state index contributed by atoms with van der Waals surface area (Å²) >= 11 is 3.32. The Kier molecular flexibility index (Phi) is 5.00. The summed E-state index contributed by atoms with van der Waals surface area (Å²) in [6, 6.07) is 11.3. The largest absolute Gasteiger partial charge is 0.497 e. The van der Waals surface area contributed by atoms with Crippen molar-refractivity contribution in [2.75, 3.05) is 17.7 Å². The quantitative estimate of drug-likeness (QED) is 0.778. The highest BCUT2D eigenvalue weighted by molar-refractivity contribution is 9.10. The Bertz CT molecular complexity index is 719. The Labute approximate surface area is 135 Å². The van der Waals surface area contributed by atoms with E-state index >= 15 is 0 Å². The number of primary amides is 1. The first-order valence-corrected chi connectivity index (χ1v) is 7.10. The van der Waals surface area contributed by atoms with Crippen molar-refractivity contribution in [2.24, 2.45) is 5.73 Å². The van der Waals surface area contributed by atoms with Crippen molar-refractivity contribution < 1.29 is 14.3 Å². The molecule has 22 heavy (non-hydrogen) atoms. The zero-order valence-electron chi connectivity index (χ0n) is 11.7. The molecule has 0 aliphatic carbocycles. The Morgan fingerprint density at radius 2 is 1.91 bits per heavy atom. The number of nitrogens with two attached hydrogens (primary N) is 1. The number of amides is 3. The average Bonchev–Trinajstić information content (AvgIpc) is 2.46. The summed E-state index contributed by atoms with van der Waals surface area (Å²) in [5, 5.41) is 5.25. The second kappa shape index (κ2) is 6.95. The molecule has 0 saturated heterocycles. The molecule has 0 fully saturated rings. The van der Waals surface area contributed by atoms with Crippen LogP contribution >= 0.6 is 15.9 Å². The lowest BCUT2D eigenvalue weighted by Gasteiger charge is -2.12. The Hall–Kier alpha value is -2.54. The molecule has 0 radical (unpaired) electrons. The maximum atomic E-state index is 12.0. The summed E-state index contributed by atoms with van der Waals surface area (Å²) in [7, 11) is 1.49. The van der Waals surface area contributed by atoms with E-state index in [-0.39, 0.29) is 11.3 Å². The summed E-state index contributed by atoms with van der Waals surface area (Å²) in [6.07, 6.45) is 0. The lowest BCUT2D eigenvalue weighted by atomic mass is 10.1. The predicted octanol–water partition coefficient (Wildman–Crippen LogP) is 3.20. The van der Waals surface area contributed by atoms with Crippen LogP contribution in [0.3, 0.4) is 0 Å². The zero-order valence-corrected chi connectivity index (χ0v) is 13.3. The Morgan fingerprint density at radius 3 is 2.55 bits per heavy atom. The monoisotopic (exact) mass is 363 g/mol. The number of nitrogens with one attached hydrogen (secondary N) is 2. The van der Waals surface area contributed by atoms with Crippen LogP contribution in [0.25, 0.3) is 0 Å². The minimum absolute atomic E-state index is 0.199. The standard InChI is InChI=1S/C15H14BrN3O3/c1-22-11-5-6-12(14(17)20)13(8-11)19-15(21)18-10-4-2-3-9(16)7-10/h2-8H,1H3,(H2,17,20)(H2,18,19,21). The van der Waals surface area contributed by atoms with Crippen molar-refractivity contribution in [1.29, 1.82) is 0 Å². The number of benzene rings is 2.